The molecule has 2 rings (SSSR count). The van der Waals surface area contributed by atoms with Crippen molar-refractivity contribution in [1.82, 2.24) is 0 Å². The van der Waals surface area contributed by atoms with E-state index in [-0.39, 0.29) is 5.54 Å². The van der Waals surface area contributed by atoms with Crippen LogP contribution >= 0.6 is 0 Å². The monoisotopic (exact) mass is 228 g/mol. The van der Waals surface area contributed by atoms with Gasteiger partial charge in [-0.2, -0.15) is 0 Å². The van der Waals surface area contributed by atoms with Gasteiger partial charge in [0.25, 0.3) is 0 Å². The van der Waals surface area contributed by atoms with E-state index in [9.17, 15) is 0 Å². The first kappa shape index (κ1) is 11.7. The topological polar surface area (TPSA) is 61.1 Å². The Morgan fingerprint density at radius 3 is 2.82 bits per heavy atom. The van der Waals surface area contributed by atoms with Gasteiger partial charge < -0.3 is 0 Å². The summed E-state index contributed by atoms with van der Waals surface area (Å²) in [4.78, 5) is 7.58. The Morgan fingerprint density at radius 2 is 2.18 bits per heavy atom. The lowest BCUT2D eigenvalue weighted by Gasteiger charge is -2.17. The molecule has 0 amide bonds. The van der Waals surface area contributed by atoms with Crippen molar-refractivity contribution in [2.75, 3.05) is 6.54 Å². The van der Waals surface area contributed by atoms with Crippen LogP contribution in [0.4, 0.5) is 0 Å². The van der Waals surface area contributed by atoms with Crippen LogP contribution in [0.2, 0.25) is 0 Å². The number of azide groups is 1. The van der Waals surface area contributed by atoms with Crippen LogP contribution in [0.5, 0.6) is 0 Å². The summed E-state index contributed by atoms with van der Waals surface area (Å²) in [5.41, 5.74) is 10.5. The second-order valence-corrected chi connectivity index (χ2v) is 4.85. The second-order valence-electron chi connectivity index (χ2n) is 4.85. The van der Waals surface area contributed by atoms with Crippen LogP contribution in [-0.4, -0.2) is 17.8 Å². The highest BCUT2D eigenvalue weighted by Gasteiger charge is 2.34. The van der Waals surface area contributed by atoms with Gasteiger partial charge in [0, 0.05) is 16.5 Å². The van der Waals surface area contributed by atoms with Crippen LogP contribution in [0.15, 0.2) is 40.4 Å². The Balaban J connectivity index is 2.29. The second kappa shape index (κ2) is 4.60. The molecule has 1 aromatic rings. The van der Waals surface area contributed by atoms with E-state index < -0.39 is 0 Å². The zero-order valence-electron chi connectivity index (χ0n) is 10.2. The van der Waals surface area contributed by atoms with Crippen LogP contribution in [0.3, 0.4) is 0 Å². The van der Waals surface area contributed by atoms with Crippen molar-refractivity contribution < 1.29 is 0 Å². The third-order valence-electron chi connectivity index (χ3n) is 3.15. The molecule has 0 bridgehead atoms. The van der Waals surface area contributed by atoms with E-state index in [1.807, 2.05) is 25.1 Å². The van der Waals surface area contributed by atoms with Crippen LogP contribution in [0.1, 0.15) is 25.8 Å². The molecule has 2 unspecified atom stereocenters. The van der Waals surface area contributed by atoms with Gasteiger partial charge in [-0.1, -0.05) is 42.4 Å². The molecule has 1 heterocycles. The molecule has 1 aliphatic rings. The molecule has 0 saturated carbocycles. The Hall–Kier alpha value is -1.80. The summed E-state index contributed by atoms with van der Waals surface area (Å²) in [5.74, 6) is 0.413. The molecule has 0 aliphatic carbocycles. The average molecular weight is 228 g/mol. The van der Waals surface area contributed by atoms with Crippen molar-refractivity contribution in [2.24, 2.45) is 16.0 Å². The predicted octanol–water partition coefficient (Wildman–Crippen LogP) is 3.58. The van der Waals surface area contributed by atoms with Crippen LogP contribution in [-0.2, 0) is 0 Å². The quantitative estimate of drug-likeness (QED) is 0.431. The van der Waals surface area contributed by atoms with Gasteiger partial charge in [0.2, 0.25) is 0 Å². The number of hydrogen-bond acceptors (Lipinski definition) is 2. The highest BCUT2D eigenvalue weighted by atomic mass is 15.1. The molecule has 1 aromatic carbocycles. The highest BCUT2D eigenvalue weighted by Crippen LogP contribution is 2.32. The van der Waals surface area contributed by atoms with Crippen molar-refractivity contribution in [3.63, 3.8) is 0 Å². The van der Waals surface area contributed by atoms with E-state index in [0.29, 0.717) is 12.5 Å². The minimum atomic E-state index is -0.239. The van der Waals surface area contributed by atoms with Crippen molar-refractivity contribution in [3.05, 3.63) is 46.3 Å². The van der Waals surface area contributed by atoms with Crippen molar-refractivity contribution in [3.8, 4) is 0 Å². The number of nitrogens with zero attached hydrogens (tertiary/aromatic N) is 4. The third kappa shape index (κ3) is 2.48. The maximum absolute atomic E-state index is 8.40. The van der Waals surface area contributed by atoms with Gasteiger partial charge in [-0.25, -0.2) is 0 Å². The summed E-state index contributed by atoms with van der Waals surface area (Å²) in [6, 6.07) is 10.2. The molecule has 17 heavy (non-hydrogen) atoms. The van der Waals surface area contributed by atoms with Gasteiger partial charge in [0.1, 0.15) is 0 Å². The molecule has 4 nitrogen and oxygen atoms in total. The molecular formula is C13H16N4. The largest absolute Gasteiger partial charge is 0.282 e. The van der Waals surface area contributed by atoms with Crippen LogP contribution < -0.4 is 0 Å². The first-order valence-electron chi connectivity index (χ1n) is 5.81. The molecule has 2 atom stereocenters. The van der Waals surface area contributed by atoms with Crippen molar-refractivity contribution in [2.45, 2.75) is 25.8 Å². The normalized spacial score (nSPS) is 27.4. The summed E-state index contributed by atoms with van der Waals surface area (Å²) < 4.78 is 0. The first-order chi connectivity index (χ1) is 8.14. The van der Waals surface area contributed by atoms with Gasteiger partial charge in [-0.15, -0.1) is 0 Å². The number of hydrogen-bond donors (Lipinski definition) is 0. The molecular weight excluding hydrogens is 212 g/mol. The summed E-state index contributed by atoms with van der Waals surface area (Å²) in [5, 5.41) is 3.66. The Labute approximate surface area is 101 Å². The van der Waals surface area contributed by atoms with Gasteiger partial charge >= 0.3 is 0 Å². The van der Waals surface area contributed by atoms with Crippen molar-refractivity contribution in [1.29, 1.82) is 0 Å². The number of rotatable bonds is 3. The molecule has 0 N–H and O–H groups in total. The van der Waals surface area contributed by atoms with E-state index in [4.69, 9.17) is 10.5 Å². The Bertz CT molecular complexity index is 473. The lowest BCUT2D eigenvalue weighted by molar-refractivity contribution is 0.447. The van der Waals surface area contributed by atoms with Crippen LogP contribution in [0, 0.1) is 5.92 Å². The van der Waals surface area contributed by atoms with E-state index in [0.717, 1.165) is 12.1 Å². The molecule has 88 valence electrons. The lowest BCUT2D eigenvalue weighted by atomic mass is 9.91. The van der Waals surface area contributed by atoms with Gasteiger partial charge in [-0.05, 0) is 24.4 Å². The third-order valence-corrected chi connectivity index (χ3v) is 3.15. The zero-order chi connectivity index (χ0) is 12.3. The summed E-state index contributed by atoms with van der Waals surface area (Å²) >= 11 is 0. The van der Waals surface area contributed by atoms with Crippen molar-refractivity contribution >= 4 is 5.71 Å². The summed E-state index contributed by atoms with van der Waals surface area (Å²) in [7, 11) is 0. The average Bonchev–Trinajstić information content (AvgIpc) is 2.64. The number of benzene rings is 1. The predicted molar refractivity (Wildman–Crippen MR) is 69.2 cm³/mol. The molecule has 4 heteroatoms. The Morgan fingerprint density at radius 1 is 1.47 bits per heavy atom. The molecule has 0 radical (unpaired) electrons. The lowest BCUT2D eigenvalue weighted by Crippen LogP contribution is -2.23. The molecule has 0 spiro atoms. The van der Waals surface area contributed by atoms with E-state index in [2.05, 4.69) is 29.1 Å². The first-order valence-corrected chi connectivity index (χ1v) is 5.81. The molecule has 0 aromatic heterocycles. The minimum absolute atomic E-state index is 0.239. The maximum Gasteiger partial charge on any atom is 0.0646 e. The van der Waals surface area contributed by atoms with Gasteiger partial charge in [0.05, 0.1) is 12.1 Å². The minimum Gasteiger partial charge on any atom is -0.282 e. The smallest absolute Gasteiger partial charge is 0.0646 e. The molecule has 0 saturated heterocycles. The zero-order valence-corrected chi connectivity index (χ0v) is 10.2. The Kier molecular flexibility index (Phi) is 3.16. The van der Waals surface area contributed by atoms with E-state index >= 15 is 0 Å². The fourth-order valence-electron chi connectivity index (χ4n) is 2.44. The van der Waals surface area contributed by atoms with Gasteiger partial charge in [0.15, 0.2) is 0 Å². The molecule has 0 fully saturated rings. The fraction of sp³-hybridized carbons (Fsp3) is 0.462. The highest BCUT2D eigenvalue weighted by molar-refractivity contribution is 6.03. The molecule has 1 aliphatic heterocycles. The standard InChI is InChI=1S/C13H16N4/c1-10-8-13(2,9-15-17-14)16-12(10)11-6-4-3-5-7-11/h3-7,10H,8-9H2,1-2H3. The fourth-order valence-corrected chi connectivity index (χ4v) is 2.44. The summed E-state index contributed by atoms with van der Waals surface area (Å²) in [6.45, 7) is 4.66. The van der Waals surface area contributed by atoms with Crippen LogP contribution in [0.25, 0.3) is 10.4 Å². The van der Waals surface area contributed by atoms with E-state index in [1.54, 1.807) is 0 Å². The maximum atomic E-state index is 8.40. The summed E-state index contributed by atoms with van der Waals surface area (Å²) in [6.07, 6.45) is 0.941. The number of aliphatic imine (C=N–C) groups is 1. The van der Waals surface area contributed by atoms with Gasteiger partial charge in [-0.3, -0.25) is 4.99 Å². The van der Waals surface area contributed by atoms with E-state index in [1.165, 1.54) is 5.56 Å². The SMILES string of the molecule is CC1CC(C)(CN=[N+]=[N-])N=C1c1ccccc1.